The molecule has 3 heterocycles. The van der Waals surface area contributed by atoms with Gasteiger partial charge in [-0.15, -0.1) is 0 Å². The maximum atomic E-state index is 9.25. The van der Waals surface area contributed by atoms with E-state index in [9.17, 15) is 5.26 Å². The van der Waals surface area contributed by atoms with Crippen LogP contribution in [0.25, 0.3) is 17.0 Å². The van der Waals surface area contributed by atoms with Gasteiger partial charge in [0.2, 0.25) is 0 Å². The zero-order valence-corrected chi connectivity index (χ0v) is 19.6. The normalized spacial score (nSPS) is 19.0. The fraction of sp³-hybridized carbons (Fsp3) is 0.522. The van der Waals surface area contributed by atoms with Crippen molar-refractivity contribution < 1.29 is 4.74 Å². The number of ether oxygens (including phenoxy) is 1. The monoisotopic (exact) mass is 434 g/mol. The lowest BCUT2D eigenvalue weighted by atomic mass is 10.0. The highest BCUT2D eigenvalue weighted by molar-refractivity contribution is 6.76. The van der Waals surface area contributed by atoms with Crippen LogP contribution in [0, 0.1) is 17.2 Å². The Morgan fingerprint density at radius 1 is 1.29 bits per heavy atom. The summed E-state index contributed by atoms with van der Waals surface area (Å²) in [6.45, 7) is 8.44. The van der Waals surface area contributed by atoms with Gasteiger partial charge in [0, 0.05) is 44.6 Å². The first-order valence-corrected chi connectivity index (χ1v) is 14.8. The highest BCUT2D eigenvalue weighted by Gasteiger charge is 2.26. The SMILES string of the molecule is C[Si](C)(C)CCOCC1C=Nc2c(-c3cnn(C(=CC#N)C4CCCC4)c3)ncnc21. The number of allylic oxidation sites excluding steroid dienone is 2. The highest BCUT2D eigenvalue weighted by Crippen LogP contribution is 2.39. The van der Waals surface area contributed by atoms with Crippen LogP contribution in [-0.4, -0.2) is 47.3 Å². The first-order chi connectivity index (χ1) is 15.0. The summed E-state index contributed by atoms with van der Waals surface area (Å²) >= 11 is 0. The van der Waals surface area contributed by atoms with E-state index in [0.717, 1.165) is 53.8 Å². The Balaban J connectivity index is 1.51. The van der Waals surface area contributed by atoms with Crippen molar-refractivity contribution in [3.8, 4) is 17.3 Å². The number of aliphatic imine (C=N–C) groups is 1. The fourth-order valence-electron chi connectivity index (χ4n) is 4.19. The third kappa shape index (κ3) is 5.00. The summed E-state index contributed by atoms with van der Waals surface area (Å²) in [4.78, 5) is 13.6. The van der Waals surface area contributed by atoms with E-state index in [1.807, 2.05) is 17.1 Å². The number of fused-ring (bicyclic) bond motifs is 1. The highest BCUT2D eigenvalue weighted by atomic mass is 28.3. The summed E-state index contributed by atoms with van der Waals surface area (Å²) in [5.74, 6) is 0.445. The van der Waals surface area contributed by atoms with Crippen LogP contribution in [0.2, 0.25) is 25.7 Å². The number of aromatic nitrogens is 4. The lowest BCUT2D eigenvalue weighted by Crippen LogP contribution is -2.22. The number of hydrogen-bond donors (Lipinski definition) is 0. The standard InChI is InChI=1S/C23H30N6OSi/c1-31(2,3)11-10-30-15-19-12-25-23-21(26-16-27-22(19)23)18-13-28-29(14-18)20(8-9-24)17-6-4-5-7-17/h8,12-14,16-17,19H,4-7,10-11,15H2,1-3H3. The van der Waals surface area contributed by atoms with E-state index < -0.39 is 8.07 Å². The summed E-state index contributed by atoms with van der Waals surface area (Å²) < 4.78 is 7.78. The van der Waals surface area contributed by atoms with Gasteiger partial charge < -0.3 is 4.74 Å². The third-order valence-electron chi connectivity index (χ3n) is 5.99. The van der Waals surface area contributed by atoms with Crippen molar-refractivity contribution >= 4 is 25.7 Å². The molecule has 0 bridgehead atoms. The molecule has 0 radical (unpaired) electrons. The van der Waals surface area contributed by atoms with Crippen molar-refractivity contribution in [3.63, 3.8) is 0 Å². The minimum atomic E-state index is -1.10. The number of hydrogen-bond acceptors (Lipinski definition) is 6. The van der Waals surface area contributed by atoms with E-state index in [4.69, 9.17) is 4.74 Å². The summed E-state index contributed by atoms with van der Waals surface area (Å²) in [6, 6.07) is 3.34. The molecule has 8 heteroatoms. The van der Waals surface area contributed by atoms with Gasteiger partial charge >= 0.3 is 0 Å². The second-order valence-corrected chi connectivity index (χ2v) is 15.2. The predicted octanol–water partition coefficient (Wildman–Crippen LogP) is 5.05. The molecule has 0 amide bonds. The maximum absolute atomic E-state index is 9.25. The molecule has 31 heavy (non-hydrogen) atoms. The maximum Gasteiger partial charge on any atom is 0.116 e. The zero-order valence-electron chi connectivity index (χ0n) is 18.6. The topological polar surface area (TPSA) is 89.0 Å². The van der Waals surface area contributed by atoms with Gasteiger partial charge in [0.05, 0.1) is 36.2 Å². The molecule has 4 rings (SSSR count). The molecule has 0 spiro atoms. The Labute approximate surface area is 184 Å². The van der Waals surface area contributed by atoms with Crippen LogP contribution in [0.5, 0.6) is 0 Å². The lowest BCUT2D eigenvalue weighted by molar-refractivity contribution is 0.145. The average molecular weight is 435 g/mol. The Kier molecular flexibility index (Phi) is 6.44. The Hall–Kier alpha value is -2.63. The molecule has 0 saturated heterocycles. The van der Waals surface area contributed by atoms with Crippen LogP contribution in [0.15, 0.2) is 29.8 Å². The van der Waals surface area contributed by atoms with Crippen molar-refractivity contribution in [1.82, 2.24) is 19.7 Å². The van der Waals surface area contributed by atoms with Crippen LogP contribution in [0.3, 0.4) is 0 Å². The van der Waals surface area contributed by atoms with Crippen LogP contribution in [0.4, 0.5) is 5.69 Å². The lowest BCUT2D eigenvalue weighted by Gasteiger charge is -2.16. The van der Waals surface area contributed by atoms with Crippen molar-refractivity contribution in [2.45, 2.75) is 57.3 Å². The van der Waals surface area contributed by atoms with Gasteiger partial charge in [-0.1, -0.05) is 32.5 Å². The molecule has 2 aromatic heterocycles. The van der Waals surface area contributed by atoms with Crippen molar-refractivity contribution in [3.05, 3.63) is 30.5 Å². The minimum Gasteiger partial charge on any atom is -0.381 e. The molecule has 1 fully saturated rings. The van der Waals surface area contributed by atoms with E-state index in [2.05, 4.69) is 45.8 Å². The Bertz CT molecular complexity index is 1020. The molecule has 1 atom stereocenters. The van der Waals surface area contributed by atoms with Gasteiger partial charge in [-0.3, -0.25) is 4.99 Å². The molecule has 2 aliphatic rings. The molecule has 2 aromatic rings. The van der Waals surface area contributed by atoms with Crippen LogP contribution in [-0.2, 0) is 4.74 Å². The predicted molar refractivity (Wildman–Crippen MR) is 125 cm³/mol. The Morgan fingerprint density at radius 3 is 2.84 bits per heavy atom. The van der Waals surface area contributed by atoms with Crippen molar-refractivity contribution in [2.75, 3.05) is 13.2 Å². The largest absolute Gasteiger partial charge is 0.381 e. The molecule has 0 N–H and O–H groups in total. The van der Waals surface area contributed by atoms with Gasteiger partial charge in [-0.2, -0.15) is 10.4 Å². The van der Waals surface area contributed by atoms with Crippen LogP contribution in [0.1, 0.15) is 37.3 Å². The summed E-state index contributed by atoms with van der Waals surface area (Å²) in [6.07, 6.45) is 13.5. The molecular formula is C23H30N6OSi. The smallest absolute Gasteiger partial charge is 0.116 e. The van der Waals surface area contributed by atoms with Crippen LogP contribution < -0.4 is 0 Å². The molecular weight excluding hydrogens is 404 g/mol. The Morgan fingerprint density at radius 2 is 2.10 bits per heavy atom. The van der Waals surface area contributed by atoms with Crippen molar-refractivity contribution in [1.29, 1.82) is 5.26 Å². The minimum absolute atomic E-state index is 0.0564. The third-order valence-corrected chi connectivity index (χ3v) is 7.69. The number of rotatable bonds is 8. The molecule has 1 aliphatic heterocycles. The first-order valence-electron chi connectivity index (χ1n) is 11.1. The number of nitriles is 1. The summed E-state index contributed by atoms with van der Waals surface area (Å²) in [5.41, 5.74) is 4.34. The second kappa shape index (κ2) is 9.24. The fourth-order valence-corrected chi connectivity index (χ4v) is 4.95. The first kappa shape index (κ1) is 21.6. The van der Waals surface area contributed by atoms with E-state index in [-0.39, 0.29) is 5.92 Å². The van der Waals surface area contributed by atoms with Crippen LogP contribution >= 0.6 is 0 Å². The van der Waals surface area contributed by atoms with E-state index in [1.54, 1.807) is 18.6 Å². The van der Waals surface area contributed by atoms with Gasteiger partial charge in [-0.25, -0.2) is 14.6 Å². The quantitative estimate of drug-likeness (QED) is 0.329. The van der Waals surface area contributed by atoms with E-state index in [0.29, 0.717) is 12.5 Å². The number of nitrogens with zero attached hydrogens (tertiary/aromatic N) is 6. The van der Waals surface area contributed by atoms with Gasteiger partial charge in [0.25, 0.3) is 0 Å². The zero-order chi connectivity index (χ0) is 21.8. The van der Waals surface area contributed by atoms with E-state index in [1.165, 1.54) is 12.8 Å². The van der Waals surface area contributed by atoms with Gasteiger partial charge in [0.1, 0.15) is 17.7 Å². The molecule has 7 nitrogen and oxygen atoms in total. The van der Waals surface area contributed by atoms with Gasteiger partial charge in [0.15, 0.2) is 0 Å². The molecule has 1 aliphatic carbocycles. The molecule has 162 valence electrons. The molecule has 1 unspecified atom stereocenters. The molecule has 0 aromatic carbocycles. The van der Waals surface area contributed by atoms with E-state index >= 15 is 0 Å². The molecule has 1 saturated carbocycles. The average Bonchev–Trinajstić information content (AvgIpc) is 3.50. The summed E-state index contributed by atoms with van der Waals surface area (Å²) in [7, 11) is -1.10. The summed E-state index contributed by atoms with van der Waals surface area (Å²) in [5, 5.41) is 13.8. The van der Waals surface area contributed by atoms with Crippen molar-refractivity contribution in [2.24, 2.45) is 10.9 Å². The van der Waals surface area contributed by atoms with Gasteiger partial charge in [-0.05, 0) is 18.9 Å². The second-order valence-electron chi connectivity index (χ2n) is 9.58.